The molecule has 0 saturated carbocycles. The van der Waals surface area contributed by atoms with E-state index in [1.54, 1.807) is 0 Å². The van der Waals surface area contributed by atoms with Crippen LogP contribution in [0.3, 0.4) is 0 Å². The molecule has 2 atom stereocenters. The lowest BCUT2D eigenvalue weighted by Gasteiger charge is -2.34. The van der Waals surface area contributed by atoms with Crippen LogP contribution in [0.2, 0.25) is 0 Å². The summed E-state index contributed by atoms with van der Waals surface area (Å²) in [6, 6.07) is 0.594. The van der Waals surface area contributed by atoms with E-state index in [0.29, 0.717) is 6.04 Å². The molecule has 1 aliphatic rings. The van der Waals surface area contributed by atoms with Crippen LogP contribution in [-0.2, 0) is 0 Å². The Balaban J connectivity index is 2.38. The molecule has 0 amide bonds. The summed E-state index contributed by atoms with van der Waals surface area (Å²) in [7, 11) is 4.24. The van der Waals surface area contributed by atoms with Crippen LogP contribution in [0.15, 0.2) is 0 Å². The van der Waals surface area contributed by atoms with Crippen molar-refractivity contribution in [3.8, 4) is 0 Å². The Morgan fingerprint density at radius 1 is 1.67 bits per heavy atom. The van der Waals surface area contributed by atoms with Gasteiger partial charge in [0.15, 0.2) is 0 Å². The van der Waals surface area contributed by atoms with Crippen molar-refractivity contribution < 1.29 is 0 Å². The Morgan fingerprint density at radius 3 is 2.92 bits per heavy atom. The molecule has 72 valence electrons. The highest BCUT2D eigenvalue weighted by Crippen LogP contribution is 2.18. The Hall–Kier alpha value is 0.270. The van der Waals surface area contributed by atoms with Gasteiger partial charge < -0.3 is 10.2 Å². The Morgan fingerprint density at radius 2 is 2.42 bits per heavy atom. The summed E-state index contributed by atoms with van der Waals surface area (Å²) in [5.41, 5.74) is 0. The summed E-state index contributed by atoms with van der Waals surface area (Å²) in [5, 5.41) is 3.34. The minimum Gasteiger partial charge on any atom is -0.316 e. The van der Waals surface area contributed by atoms with Gasteiger partial charge in [0, 0.05) is 18.3 Å². The van der Waals surface area contributed by atoms with Gasteiger partial charge in [-0.3, -0.25) is 0 Å². The standard InChI is InChI=1S/C9H20N2S/c1-10-9(7-12)8-4-3-5-11(2)6-8/h8-10,12H,3-7H2,1-2H3. The smallest absolute Gasteiger partial charge is 0.0193 e. The first-order valence-electron chi connectivity index (χ1n) is 4.74. The average Bonchev–Trinajstić information content (AvgIpc) is 2.07. The number of rotatable bonds is 3. The predicted octanol–water partition coefficient (Wildman–Crippen LogP) is 0.846. The second-order valence-corrected chi connectivity index (χ2v) is 4.11. The van der Waals surface area contributed by atoms with Crippen molar-refractivity contribution in [3.05, 3.63) is 0 Å². The number of piperidine rings is 1. The molecule has 0 aliphatic carbocycles. The van der Waals surface area contributed by atoms with E-state index in [1.165, 1.54) is 25.9 Å². The van der Waals surface area contributed by atoms with Crippen LogP contribution in [0.25, 0.3) is 0 Å². The van der Waals surface area contributed by atoms with Gasteiger partial charge in [-0.05, 0) is 39.4 Å². The minimum absolute atomic E-state index is 0.594. The highest BCUT2D eigenvalue weighted by Gasteiger charge is 2.23. The summed E-state index contributed by atoms with van der Waals surface area (Å²) in [4.78, 5) is 2.42. The number of likely N-dealkylation sites (tertiary alicyclic amines) is 1. The van der Waals surface area contributed by atoms with Gasteiger partial charge in [0.1, 0.15) is 0 Å². The molecule has 1 fully saturated rings. The van der Waals surface area contributed by atoms with Crippen LogP contribution in [-0.4, -0.2) is 43.9 Å². The first kappa shape index (κ1) is 10.4. The lowest BCUT2D eigenvalue weighted by Crippen LogP contribution is -2.44. The molecule has 0 radical (unpaired) electrons. The summed E-state index contributed by atoms with van der Waals surface area (Å²) in [6.07, 6.45) is 2.70. The van der Waals surface area contributed by atoms with Gasteiger partial charge >= 0.3 is 0 Å². The van der Waals surface area contributed by atoms with E-state index in [9.17, 15) is 0 Å². The Kier molecular flexibility index (Phi) is 4.40. The summed E-state index contributed by atoms with van der Waals surface area (Å²) < 4.78 is 0. The largest absolute Gasteiger partial charge is 0.316 e. The molecule has 1 aliphatic heterocycles. The second kappa shape index (κ2) is 5.10. The van der Waals surface area contributed by atoms with Gasteiger partial charge in [0.25, 0.3) is 0 Å². The topological polar surface area (TPSA) is 15.3 Å². The van der Waals surface area contributed by atoms with Crippen LogP contribution in [0.4, 0.5) is 0 Å². The Labute approximate surface area is 81.1 Å². The lowest BCUT2D eigenvalue weighted by molar-refractivity contribution is 0.184. The summed E-state index contributed by atoms with van der Waals surface area (Å²) in [6.45, 7) is 2.49. The molecular weight excluding hydrogens is 168 g/mol. The maximum Gasteiger partial charge on any atom is 0.0193 e. The number of nitrogens with one attached hydrogen (secondary N) is 1. The first-order valence-corrected chi connectivity index (χ1v) is 5.38. The van der Waals surface area contributed by atoms with E-state index < -0.39 is 0 Å². The predicted molar refractivity (Wildman–Crippen MR) is 56.9 cm³/mol. The number of hydrogen-bond acceptors (Lipinski definition) is 3. The lowest BCUT2D eigenvalue weighted by atomic mass is 9.92. The van der Waals surface area contributed by atoms with E-state index >= 15 is 0 Å². The highest BCUT2D eigenvalue weighted by molar-refractivity contribution is 7.80. The van der Waals surface area contributed by atoms with Crippen LogP contribution in [0.5, 0.6) is 0 Å². The van der Waals surface area contributed by atoms with Crippen LogP contribution < -0.4 is 5.32 Å². The summed E-state index contributed by atoms with van der Waals surface area (Å²) in [5.74, 6) is 1.75. The molecular formula is C9H20N2S. The Bertz CT molecular complexity index is 126. The number of thiol groups is 1. The van der Waals surface area contributed by atoms with Crippen LogP contribution >= 0.6 is 12.6 Å². The molecule has 12 heavy (non-hydrogen) atoms. The molecule has 0 aromatic carbocycles. The molecule has 1 saturated heterocycles. The quantitative estimate of drug-likeness (QED) is 0.638. The fourth-order valence-corrected chi connectivity index (χ4v) is 2.49. The average molecular weight is 188 g/mol. The van der Waals surface area contributed by atoms with Crippen molar-refractivity contribution in [1.29, 1.82) is 0 Å². The molecule has 0 aromatic heterocycles. The van der Waals surface area contributed by atoms with Gasteiger partial charge in [-0.1, -0.05) is 0 Å². The van der Waals surface area contributed by atoms with Gasteiger partial charge in [-0.2, -0.15) is 12.6 Å². The zero-order chi connectivity index (χ0) is 8.97. The zero-order valence-corrected chi connectivity index (χ0v) is 8.98. The molecule has 0 spiro atoms. The van der Waals surface area contributed by atoms with E-state index in [-0.39, 0.29) is 0 Å². The monoisotopic (exact) mass is 188 g/mol. The molecule has 2 nitrogen and oxygen atoms in total. The molecule has 1 N–H and O–H groups in total. The van der Waals surface area contributed by atoms with Crippen LogP contribution in [0.1, 0.15) is 12.8 Å². The molecule has 1 heterocycles. The van der Waals surface area contributed by atoms with Gasteiger partial charge in [-0.25, -0.2) is 0 Å². The molecule has 0 bridgehead atoms. The van der Waals surface area contributed by atoms with E-state index in [4.69, 9.17) is 0 Å². The third kappa shape index (κ3) is 2.64. The third-order valence-corrected chi connectivity index (χ3v) is 3.19. The van der Waals surface area contributed by atoms with Crippen molar-refractivity contribution in [2.45, 2.75) is 18.9 Å². The van der Waals surface area contributed by atoms with Crippen molar-refractivity contribution in [3.63, 3.8) is 0 Å². The molecule has 3 heteroatoms. The third-order valence-electron chi connectivity index (χ3n) is 2.80. The number of nitrogens with zero attached hydrogens (tertiary/aromatic N) is 1. The van der Waals surface area contributed by atoms with Gasteiger partial charge in [-0.15, -0.1) is 0 Å². The second-order valence-electron chi connectivity index (χ2n) is 3.74. The maximum atomic E-state index is 4.35. The SMILES string of the molecule is CNC(CS)C1CCCN(C)C1. The summed E-state index contributed by atoms with van der Waals surface area (Å²) >= 11 is 4.35. The number of hydrogen-bond donors (Lipinski definition) is 2. The molecule has 1 rings (SSSR count). The van der Waals surface area contributed by atoms with Crippen molar-refractivity contribution in [2.24, 2.45) is 5.92 Å². The first-order chi connectivity index (χ1) is 5.77. The van der Waals surface area contributed by atoms with Crippen molar-refractivity contribution in [2.75, 3.05) is 32.9 Å². The van der Waals surface area contributed by atoms with Crippen molar-refractivity contribution >= 4 is 12.6 Å². The fourth-order valence-electron chi connectivity index (χ4n) is 2.01. The highest BCUT2D eigenvalue weighted by atomic mass is 32.1. The molecule has 0 aromatic rings. The zero-order valence-electron chi connectivity index (χ0n) is 8.08. The van der Waals surface area contributed by atoms with Gasteiger partial charge in [0.2, 0.25) is 0 Å². The maximum absolute atomic E-state index is 4.35. The van der Waals surface area contributed by atoms with E-state index in [1.807, 2.05) is 7.05 Å². The van der Waals surface area contributed by atoms with E-state index in [2.05, 4.69) is 29.9 Å². The van der Waals surface area contributed by atoms with Gasteiger partial charge in [0.05, 0.1) is 0 Å². The van der Waals surface area contributed by atoms with Crippen molar-refractivity contribution in [1.82, 2.24) is 10.2 Å². The fraction of sp³-hybridized carbons (Fsp3) is 1.00. The molecule has 2 unspecified atom stereocenters. The normalized spacial score (nSPS) is 28.8. The minimum atomic E-state index is 0.594. The van der Waals surface area contributed by atoms with Crippen LogP contribution in [0, 0.1) is 5.92 Å². The van der Waals surface area contributed by atoms with E-state index in [0.717, 1.165) is 11.7 Å².